The Morgan fingerprint density at radius 2 is 1.39 bits per heavy atom. The first-order chi connectivity index (χ1) is 15.6. The van der Waals surface area contributed by atoms with E-state index in [9.17, 15) is 18.0 Å². The first-order valence-electron chi connectivity index (χ1n) is 10.7. The summed E-state index contributed by atoms with van der Waals surface area (Å²) in [5, 5.41) is 2.84. The quantitative estimate of drug-likeness (QED) is 0.469. The van der Waals surface area contributed by atoms with Gasteiger partial charge in [0.2, 0.25) is 10.0 Å². The molecule has 7 heteroatoms. The SMILES string of the molecule is Cc1ccc(C(=O)c2ccccc2C(=O)NCc2ccc(CS(=O)(=O)NC(C)C)cc2)cc1. The fourth-order valence-electron chi connectivity index (χ4n) is 3.39. The van der Waals surface area contributed by atoms with E-state index in [1.165, 1.54) is 0 Å². The van der Waals surface area contributed by atoms with Crippen LogP contribution in [0.4, 0.5) is 0 Å². The largest absolute Gasteiger partial charge is 0.348 e. The van der Waals surface area contributed by atoms with Crippen LogP contribution in [-0.4, -0.2) is 26.2 Å². The Bertz CT molecular complexity index is 1230. The number of benzene rings is 3. The zero-order valence-electron chi connectivity index (χ0n) is 19.0. The average Bonchev–Trinajstić information content (AvgIpc) is 2.77. The van der Waals surface area contributed by atoms with Gasteiger partial charge < -0.3 is 5.32 Å². The van der Waals surface area contributed by atoms with Gasteiger partial charge in [-0.25, -0.2) is 13.1 Å². The number of hydrogen-bond acceptors (Lipinski definition) is 4. The van der Waals surface area contributed by atoms with E-state index in [4.69, 9.17) is 0 Å². The van der Waals surface area contributed by atoms with Crippen LogP contribution in [-0.2, 0) is 22.3 Å². The Morgan fingerprint density at radius 3 is 2.00 bits per heavy atom. The fraction of sp³-hybridized carbons (Fsp3) is 0.231. The number of ketones is 1. The third kappa shape index (κ3) is 6.84. The van der Waals surface area contributed by atoms with Gasteiger partial charge in [0, 0.05) is 23.7 Å². The molecule has 0 aliphatic carbocycles. The second kappa shape index (κ2) is 10.6. The maximum Gasteiger partial charge on any atom is 0.252 e. The smallest absolute Gasteiger partial charge is 0.252 e. The number of carbonyl (C=O) groups is 2. The molecule has 0 saturated carbocycles. The molecule has 1 amide bonds. The van der Waals surface area contributed by atoms with Gasteiger partial charge in [-0.05, 0) is 38.0 Å². The number of carbonyl (C=O) groups excluding carboxylic acids is 2. The molecular weight excluding hydrogens is 436 g/mol. The molecule has 0 atom stereocenters. The van der Waals surface area contributed by atoms with Gasteiger partial charge in [0.1, 0.15) is 0 Å². The lowest BCUT2D eigenvalue weighted by Gasteiger charge is -2.11. The predicted molar refractivity (Wildman–Crippen MR) is 130 cm³/mol. The molecule has 2 N–H and O–H groups in total. The zero-order valence-corrected chi connectivity index (χ0v) is 19.8. The van der Waals surface area contributed by atoms with Crippen molar-refractivity contribution in [3.05, 3.63) is 106 Å². The van der Waals surface area contributed by atoms with Crippen molar-refractivity contribution in [2.24, 2.45) is 0 Å². The summed E-state index contributed by atoms with van der Waals surface area (Å²) in [5.74, 6) is -0.660. The van der Waals surface area contributed by atoms with Gasteiger partial charge in [0.05, 0.1) is 11.3 Å². The van der Waals surface area contributed by atoms with Crippen LogP contribution in [0.5, 0.6) is 0 Å². The molecule has 33 heavy (non-hydrogen) atoms. The predicted octanol–water partition coefficient (Wildman–Crippen LogP) is 3.98. The van der Waals surface area contributed by atoms with Crippen molar-refractivity contribution in [3.8, 4) is 0 Å². The highest BCUT2D eigenvalue weighted by Gasteiger charge is 2.18. The van der Waals surface area contributed by atoms with Gasteiger partial charge in [-0.3, -0.25) is 9.59 Å². The Balaban J connectivity index is 1.67. The maximum atomic E-state index is 12.9. The summed E-state index contributed by atoms with van der Waals surface area (Å²) in [7, 11) is -3.40. The highest BCUT2D eigenvalue weighted by molar-refractivity contribution is 7.88. The van der Waals surface area contributed by atoms with E-state index in [1.807, 2.05) is 19.1 Å². The molecule has 172 valence electrons. The minimum absolute atomic E-state index is 0.105. The lowest BCUT2D eigenvalue weighted by molar-refractivity contribution is 0.0939. The van der Waals surface area contributed by atoms with E-state index in [1.54, 1.807) is 74.5 Å². The molecule has 3 aromatic rings. The summed E-state index contributed by atoms with van der Waals surface area (Å²) in [6.07, 6.45) is 0. The van der Waals surface area contributed by atoms with Crippen LogP contribution < -0.4 is 10.0 Å². The number of sulfonamides is 1. The van der Waals surface area contributed by atoms with Gasteiger partial charge in [-0.1, -0.05) is 72.3 Å². The van der Waals surface area contributed by atoms with Crippen LogP contribution in [0.25, 0.3) is 0 Å². The lowest BCUT2D eigenvalue weighted by atomic mass is 9.97. The van der Waals surface area contributed by atoms with Crippen LogP contribution >= 0.6 is 0 Å². The normalized spacial score (nSPS) is 11.4. The van der Waals surface area contributed by atoms with Crippen LogP contribution in [0, 0.1) is 6.92 Å². The van der Waals surface area contributed by atoms with Gasteiger partial charge >= 0.3 is 0 Å². The molecule has 0 saturated heterocycles. The number of aryl methyl sites for hydroxylation is 1. The zero-order chi connectivity index (χ0) is 24.0. The van der Waals surface area contributed by atoms with Gasteiger partial charge in [-0.15, -0.1) is 0 Å². The van der Waals surface area contributed by atoms with Crippen molar-refractivity contribution in [2.75, 3.05) is 0 Å². The molecule has 3 aromatic carbocycles. The van der Waals surface area contributed by atoms with Crippen LogP contribution in [0.15, 0.2) is 72.8 Å². The van der Waals surface area contributed by atoms with Crippen LogP contribution in [0.1, 0.15) is 56.8 Å². The third-order valence-corrected chi connectivity index (χ3v) is 6.52. The molecule has 0 aliphatic heterocycles. The summed E-state index contributed by atoms with van der Waals surface area (Å²) in [5.41, 5.74) is 3.72. The van der Waals surface area contributed by atoms with E-state index in [-0.39, 0.29) is 30.0 Å². The monoisotopic (exact) mass is 464 g/mol. The molecule has 0 bridgehead atoms. The Labute approximate surface area is 195 Å². The van der Waals surface area contributed by atoms with Crippen molar-refractivity contribution in [3.63, 3.8) is 0 Å². The number of hydrogen-bond donors (Lipinski definition) is 2. The molecule has 0 unspecified atom stereocenters. The third-order valence-electron chi connectivity index (χ3n) is 4.98. The Kier molecular flexibility index (Phi) is 7.79. The molecule has 3 rings (SSSR count). The summed E-state index contributed by atoms with van der Waals surface area (Å²) < 4.78 is 26.7. The van der Waals surface area contributed by atoms with Gasteiger partial charge in [-0.2, -0.15) is 0 Å². The summed E-state index contributed by atoms with van der Waals surface area (Å²) in [6, 6.07) is 20.8. The van der Waals surface area contributed by atoms with E-state index < -0.39 is 10.0 Å². The lowest BCUT2D eigenvalue weighted by Crippen LogP contribution is -2.31. The number of nitrogens with one attached hydrogen (secondary N) is 2. The highest BCUT2D eigenvalue weighted by atomic mass is 32.2. The second-order valence-electron chi connectivity index (χ2n) is 8.27. The first kappa shape index (κ1) is 24.4. The van der Waals surface area contributed by atoms with Crippen molar-refractivity contribution >= 4 is 21.7 Å². The van der Waals surface area contributed by atoms with Crippen molar-refractivity contribution < 1.29 is 18.0 Å². The summed E-state index contributed by atoms with van der Waals surface area (Å²) >= 11 is 0. The maximum absolute atomic E-state index is 12.9. The standard InChI is InChI=1S/C26H28N2O4S/c1-18(2)28-33(31,32)17-21-12-10-20(11-13-21)16-27-26(30)24-7-5-4-6-23(24)25(29)22-14-8-19(3)9-15-22/h4-15,18,28H,16-17H2,1-3H3,(H,27,30). The van der Waals surface area contributed by atoms with Gasteiger partial charge in [0.25, 0.3) is 5.91 Å². The Hall–Kier alpha value is -3.29. The van der Waals surface area contributed by atoms with Crippen molar-refractivity contribution in [1.82, 2.24) is 10.0 Å². The molecule has 6 nitrogen and oxygen atoms in total. The van der Waals surface area contributed by atoms with Crippen molar-refractivity contribution in [1.29, 1.82) is 0 Å². The highest BCUT2D eigenvalue weighted by Crippen LogP contribution is 2.16. The second-order valence-corrected chi connectivity index (χ2v) is 10.0. The fourth-order valence-corrected chi connectivity index (χ4v) is 4.82. The molecule has 0 heterocycles. The number of rotatable bonds is 9. The minimum atomic E-state index is -3.40. The first-order valence-corrected chi connectivity index (χ1v) is 12.4. The molecule has 0 spiro atoms. The van der Waals surface area contributed by atoms with E-state index >= 15 is 0 Å². The number of amides is 1. The topological polar surface area (TPSA) is 92.3 Å². The van der Waals surface area contributed by atoms with Crippen LogP contribution in [0.3, 0.4) is 0 Å². The minimum Gasteiger partial charge on any atom is -0.348 e. The van der Waals surface area contributed by atoms with E-state index in [0.29, 0.717) is 22.3 Å². The molecule has 0 fully saturated rings. The Morgan fingerprint density at radius 1 is 0.818 bits per heavy atom. The van der Waals surface area contributed by atoms with E-state index in [2.05, 4.69) is 10.0 Å². The summed E-state index contributed by atoms with van der Waals surface area (Å²) in [6.45, 7) is 5.75. The van der Waals surface area contributed by atoms with E-state index in [0.717, 1.165) is 11.1 Å². The molecular formula is C26H28N2O4S. The molecule has 0 aliphatic rings. The average molecular weight is 465 g/mol. The van der Waals surface area contributed by atoms with Crippen molar-refractivity contribution in [2.45, 2.75) is 39.1 Å². The van der Waals surface area contributed by atoms with Crippen LogP contribution in [0.2, 0.25) is 0 Å². The van der Waals surface area contributed by atoms with Gasteiger partial charge in [0.15, 0.2) is 5.78 Å². The summed E-state index contributed by atoms with van der Waals surface area (Å²) in [4.78, 5) is 25.8. The molecule has 0 radical (unpaired) electrons. The molecule has 0 aromatic heterocycles.